The molecule has 0 aliphatic carbocycles. The molecule has 0 saturated heterocycles. The first-order chi connectivity index (χ1) is 12.8. The number of alkyl halides is 2. The highest BCUT2D eigenvalue weighted by molar-refractivity contribution is 7.15. The van der Waals surface area contributed by atoms with Gasteiger partial charge in [-0.25, -0.2) is 4.98 Å². The van der Waals surface area contributed by atoms with Crippen molar-refractivity contribution >= 4 is 28.3 Å². The van der Waals surface area contributed by atoms with E-state index in [-0.39, 0.29) is 23.6 Å². The predicted molar refractivity (Wildman–Crippen MR) is 96.8 cm³/mol. The SMILES string of the molecule is CCc1nc(NC(=O)CNC(=O)c2ccc(OC(F)F)c(OC)c2)sc1C. The lowest BCUT2D eigenvalue weighted by atomic mass is 10.2. The second kappa shape index (κ2) is 9.26. The third kappa shape index (κ3) is 5.61. The van der Waals surface area contributed by atoms with Crippen LogP contribution in [-0.2, 0) is 11.2 Å². The van der Waals surface area contributed by atoms with Crippen LogP contribution in [0.4, 0.5) is 13.9 Å². The summed E-state index contributed by atoms with van der Waals surface area (Å²) in [6, 6.07) is 3.75. The second-order valence-corrected chi connectivity index (χ2v) is 6.55. The van der Waals surface area contributed by atoms with Crippen molar-refractivity contribution in [3.8, 4) is 11.5 Å². The van der Waals surface area contributed by atoms with Crippen LogP contribution < -0.4 is 20.1 Å². The first kappa shape index (κ1) is 20.6. The fourth-order valence-electron chi connectivity index (χ4n) is 2.24. The standard InChI is InChI=1S/C17H19F2N3O4S/c1-4-11-9(2)27-17(21-11)22-14(23)8-20-15(24)10-5-6-12(26-16(18)19)13(7-10)25-3/h5-7,16H,4,8H2,1-3H3,(H,20,24)(H,21,22,23). The van der Waals surface area contributed by atoms with Crippen LogP contribution in [0.15, 0.2) is 18.2 Å². The molecule has 0 bridgehead atoms. The van der Waals surface area contributed by atoms with E-state index in [1.54, 1.807) is 0 Å². The minimum Gasteiger partial charge on any atom is -0.493 e. The summed E-state index contributed by atoms with van der Waals surface area (Å²) < 4.78 is 33.9. The molecule has 1 aromatic heterocycles. The van der Waals surface area contributed by atoms with Gasteiger partial charge >= 0.3 is 6.61 Å². The van der Waals surface area contributed by atoms with E-state index < -0.39 is 18.4 Å². The molecule has 2 rings (SSSR count). The van der Waals surface area contributed by atoms with Gasteiger partial charge in [0.25, 0.3) is 5.91 Å². The molecule has 0 spiro atoms. The molecule has 146 valence electrons. The normalized spacial score (nSPS) is 10.6. The van der Waals surface area contributed by atoms with Crippen molar-refractivity contribution in [3.05, 3.63) is 34.3 Å². The highest BCUT2D eigenvalue weighted by atomic mass is 32.1. The first-order valence-electron chi connectivity index (χ1n) is 8.01. The Balaban J connectivity index is 1.95. The van der Waals surface area contributed by atoms with Gasteiger partial charge in [0.2, 0.25) is 5.91 Å². The molecule has 10 heteroatoms. The Bertz CT molecular complexity index is 827. The molecule has 7 nitrogen and oxygen atoms in total. The number of aromatic nitrogens is 1. The number of benzene rings is 1. The average molecular weight is 399 g/mol. The summed E-state index contributed by atoms with van der Waals surface area (Å²) in [5.41, 5.74) is 1.05. The summed E-state index contributed by atoms with van der Waals surface area (Å²) >= 11 is 1.36. The smallest absolute Gasteiger partial charge is 0.387 e. The number of halogens is 2. The Morgan fingerprint density at radius 2 is 2.04 bits per heavy atom. The van der Waals surface area contributed by atoms with Crippen molar-refractivity contribution in [2.24, 2.45) is 0 Å². The van der Waals surface area contributed by atoms with Gasteiger partial charge in [-0.1, -0.05) is 6.92 Å². The van der Waals surface area contributed by atoms with Gasteiger partial charge in [-0.15, -0.1) is 11.3 Å². The molecule has 2 aromatic rings. The number of thiazole rings is 1. The van der Waals surface area contributed by atoms with E-state index in [2.05, 4.69) is 20.4 Å². The summed E-state index contributed by atoms with van der Waals surface area (Å²) in [6.07, 6.45) is 0.766. The van der Waals surface area contributed by atoms with Gasteiger partial charge in [-0.05, 0) is 31.5 Å². The maximum absolute atomic E-state index is 12.3. The zero-order valence-corrected chi connectivity index (χ0v) is 15.8. The summed E-state index contributed by atoms with van der Waals surface area (Å²) in [7, 11) is 1.27. The van der Waals surface area contributed by atoms with Crippen LogP contribution in [0.1, 0.15) is 27.9 Å². The maximum Gasteiger partial charge on any atom is 0.387 e. The minimum absolute atomic E-state index is 0.0160. The number of methoxy groups -OCH3 is 1. The summed E-state index contributed by atoms with van der Waals surface area (Å²) in [6.45, 7) is 0.615. The fraction of sp³-hybridized carbons (Fsp3) is 0.353. The van der Waals surface area contributed by atoms with Crippen molar-refractivity contribution in [1.82, 2.24) is 10.3 Å². The zero-order valence-electron chi connectivity index (χ0n) is 15.0. The van der Waals surface area contributed by atoms with E-state index in [1.165, 1.54) is 36.6 Å². The van der Waals surface area contributed by atoms with E-state index >= 15 is 0 Å². The topological polar surface area (TPSA) is 89.6 Å². The minimum atomic E-state index is -3.01. The van der Waals surface area contributed by atoms with Crippen LogP contribution in [0, 0.1) is 6.92 Å². The number of anilines is 1. The fourth-order valence-corrected chi connectivity index (χ4v) is 3.16. The summed E-state index contributed by atoms with van der Waals surface area (Å²) in [5, 5.41) is 5.54. The van der Waals surface area contributed by atoms with Crippen molar-refractivity contribution in [1.29, 1.82) is 0 Å². The number of amides is 2. The van der Waals surface area contributed by atoms with Crippen LogP contribution >= 0.6 is 11.3 Å². The van der Waals surface area contributed by atoms with Crippen LogP contribution in [0.3, 0.4) is 0 Å². The predicted octanol–water partition coefficient (Wildman–Crippen LogP) is 2.99. The third-order valence-corrected chi connectivity index (χ3v) is 4.45. The number of carbonyl (C=O) groups is 2. The van der Waals surface area contributed by atoms with Gasteiger partial charge in [0, 0.05) is 10.4 Å². The largest absolute Gasteiger partial charge is 0.493 e. The lowest BCUT2D eigenvalue weighted by molar-refractivity contribution is -0.115. The molecule has 27 heavy (non-hydrogen) atoms. The Hall–Kier alpha value is -2.75. The van der Waals surface area contributed by atoms with Crippen molar-refractivity contribution < 1.29 is 27.8 Å². The lowest BCUT2D eigenvalue weighted by Crippen LogP contribution is -2.32. The Morgan fingerprint density at radius 1 is 1.30 bits per heavy atom. The van der Waals surface area contributed by atoms with Crippen molar-refractivity contribution in [2.75, 3.05) is 19.0 Å². The maximum atomic E-state index is 12.3. The lowest BCUT2D eigenvalue weighted by Gasteiger charge is -2.11. The second-order valence-electron chi connectivity index (χ2n) is 5.35. The first-order valence-corrected chi connectivity index (χ1v) is 8.82. The van der Waals surface area contributed by atoms with E-state index in [0.29, 0.717) is 5.13 Å². The highest BCUT2D eigenvalue weighted by Crippen LogP contribution is 2.29. The molecule has 2 amide bonds. The Kier molecular flexibility index (Phi) is 7.05. The number of hydrogen-bond acceptors (Lipinski definition) is 6. The molecule has 0 saturated carbocycles. The van der Waals surface area contributed by atoms with Crippen LogP contribution in [0.2, 0.25) is 0 Å². The molecule has 0 fully saturated rings. The summed E-state index contributed by atoms with van der Waals surface area (Å²) in [5.74, 6) is -1.19. The van der Waals surface area contributed by atoms with E-state index in [4.69, 9.17) is 4.74 Å². The molecule has 0 atom stereocenters. The monoisotopic (exact) mass is 399 g/mol. The van der Waals surface area contributed by atoms with Crippen LogP contribution in [0.5, 0.6) is 11.5 Å². The van der Waals surface area contributed by atoms with Crippen LogP contribution in [-0.4, -0.2) is 37.1 Å². The van der Waals surface area contributed by atoms with Gasteiger partial charge in [0.15, 0.2) is 16.6 Å². The van der Waals surface area contributed by atoms with Gasteiger partial charge < -0.3 is 20.1 Å². The zero-order chi connectivity index (χ0) is 20.0. The van der Waals surface area contributed by atoms with Gasteiger partial charge in [0.1, 0.15) is 0 Å². The third-order valence-electron chi connectivity index (χ3n) is 3.53. The molecule has 1 heterocycles. The van der Waals surface area contributed by atoms with Crippen molar-refractivity contribution in [3.63, 3.8) is 0 Å². The summed E-state index contributed by atoms with van der Waals surface area (Å²) in [4.78, 5) is 29.4. The molecular formula is C17H19F2N3O4S. The number of nitrogens with one attached hydrogen (secondary N) is 2. The Labute approximate surface area is 158 Å². The highest BCUT2D eigenvalue weighted by Gasteiger charge is 2.15. The average Bonchev–Trinajstić information content (AvgIpc) is 2.98. The number of nitrogens with zero attached hydrogens (tertiary/aromatic N) is 1. The quantitative estimate of drug-likeness (QED) is 0.712. The Morgan fingerprint density at radius 3 is 2.63 bits per heavy atom. The molecule has 0 unspecified atom stereocenters. The van der Waals surface area contributed by atoms with E-state index in [9.17, 15) is 18.4 Å². The molecule has 2 N–H and O–H groups in total. The number of carbonyl (C=O) groups excluding carboxylic acids is 2. The van der Waals surface area contributed by atoms with E-state index in [1.807, 2.05) is 13.8 Å². The number of ether oxygens (including phenoxy) is 2. The van der Waals surface area contributed by atoms with Gasteiger partial charge in [-0.3, -0.25) is 9.59 Å². The van der Waals surface area contributed by atoms with E-state index in [0.717, 1.165) is 17.0 Å². The molecule has 0 aliphatic rings. The molecule has 0 radical (unpaired) electrons. The van der Waals surface area contributed by atoms with Gasteiger partial charge in [-0.2, -0.15) is 8.78 Å². The van der Waals surface area contributed by atoms with Crippen molar-refractivity contribution in [2.45, 2.75) is 26.9 Å². The number of hydrogen-bond donors (Lipinski definition) is 2. The molecule has 0 aliphatic heterocycles. The number of rotatable bonds is 8. The molecular weight excluding hydrogens is 380 g/mol. The number of aryl methyl sites for hydroxylation is 2. The molecule has 1 aromatic carbocycles. The van der Waals surface area contributed by atoms with Gasteiger partial charge in [0.05, 0.1) is 19.3 Å². The van der Waals surface area contributed by atoms with Crippen LogP contribution in [0.25, 0.3) is 0 Å².